The van der Waals surface area contributed by atoms with Gasteiger partial charge in [0.2, 0.25) is 17.7 Å². The molecular formula is C21H17Cl2N3O4. The van der Waals surface area contributed by atoms with Crippen LogP contribution in [-0.4, -0.2) is 30.3 Å². The molecule has 0 aliphatic carbocycles. The number of hydrogen-bond donors (Lipinski definition) is 3. The van der Waals surface area contributed by atoms with E-state index in [2.05, 4.69) is 16.0 Å². The first-order valence-corrected chi connectivity index (χ1v) is 10.0. The zero-order valence-corrected chi connectivity index (χ0v) is 17.1. The molecule has 2 saturated heterocycles. The number of carbonyl (C=O) groups excluding carboxylic acids is 4. The van der Waals surface area contributed by atoms with Crippen LogP contribution in [0.25, 0.3) is 0 Å². The van der Waals surface area contributed by atoms with Crippen molar-refractivity contribution in [2.75, 3.05) is 6.54 Å². The number of benzene rings is 2. The predicted octanol–water partition coefficient (Wildman–Crippen LogP) is 2.73. The number of barbiturate groups is 1. The third-order valence-electron chi connectivity index (χ3n) is 5.76. The summed E-state index contributed by atoms with van der Waals surface area (Å²) in [4.78, 5) is 51.4. The molecule has 5 amide bonds. The first kappa shape index (κ1) is 20.4. The first-order valence-electron chi connectivity index (χ1n) is 9.28. The standard InChI is InChI=1S/C21H17Cl2N3O4/c22-15-7-3-1-5-11(15)13-9-17(27)24-10-14(12-6-2-4-8-16(12)23)21(13)18(28)25-20(30)26-19(21)29/h1-8,13-14H,9-10H2,(H,24,27)(H2,25,26,28,29,30). The van der Waals surface area contributed by atoms with Crippen LogP contribution in [0.1, 0.15) is 29.4 Å². The Bertz CT molecular complexity index is 1050. The highest BCUT2D eigenvalue weighted by molar-refractivity contribution is 6.32. The van der Waals surface area contributed by atoms with E-state index in [9.17, 15) is 19.2 Å². The molecule has 0 aromatic heterocycles. The smallest absolute Gasteiger partial charge is 0.328 e. The molecule has 2 aliphatic rings. The van der Waals surface area contributed by atoms with Gasteiger partial charge in [-0.15, -0.1) is 0 Å². The second-order valence-electron chi connectivity index (χ2n) is 7.26. The first-order chi connectivity index (χ1) is 14.4. The van der Waals surface area contributed by atoms with E-state index in [1.54, 1.807) is 48.5 Å². The third kappa shape index (κ3) is 3.14. The van der Waals surface area contributed by atoms with Crippen LogP contribution in [0.4, 0.5) is 4.79 Å². The van der Waals surface area contributed by atoms with Crippen molar-refractivity contribution in [3.63, 3.8) is 0 Å². The number of rotatable bonds is 2. The van der Waals surface area contributed by atoms with Crippen LogP contribution in [0.15, 0.2) is 48.5 Å². The monoisotopic (exact) mass is 445 g/mol. The van der Waals surface area contributed by atoms with Gasteiger partial charge in [0.25, 0.3) is 0 Å². The summed E-state index contributed by atoms with van der Waals surface area (Å²) in [5.41, 5.74) is -0.853. The van der Waals surface area contributed by atoms with Gasteiger partial charge < -0.3 is 5.32 Å². The van der Waals surface area contributed by atoms with Crippen LogP contribution in [0.3, 0.4) is 0 Å². The molecular weight excluding hydrogens is 429 g/mol. The maximum atomic E-state index is 13.4. The lowest BCUT2D eigenvalue weighted by molar-refractivity contribution is -0.148. The van der Waals surface area contributed by atoms with Crippen LogP contribution >= 0.6 is 23.2 Å². The lowest BCUT2D eigenvalue weighted by atomic mass is 9.60. The maximum Gasteiger partial charge on any atom is 0.328 e. The molecule has 2 heterocycles. The Morgan fingerprint density at radius 1 is 0.767 bits per heavy atom. The van der Waals surface area contributed by atoms with E-state index >= 15 is 0 Å². The van der Waals surface area contributed by atoms with Gasteiger partial charge in [0, 0.05) is 34.8 Å². The molecule has 2 aromatic rings. The second-order valence-corrected chi connectivity index (χ2v) is 8.08. The summed E-state index contributed by atoms with van der Waals surface area (Å²) in [6, 6.07) is 12.6. The van der Waals surface area contributed by atoms with E-state index in [0.29, 0.717) is 21.2 Å². The van der Waals surface area contributed by atoms with Gasteiger partial charge in [-0.05, 0) is 23.3 Å². The molecule has 2 unspecified atom stereocenters. The number of imide groups is 2. The van der Waals surface area contributed by atoms with Crippen molar-refractivity contribution in [1.29, 1.82) is 0 Å². The summed E-state index contributed by atoms with van der Waals surface area (Å²) in [7, 11) is 0. The highest BCUT2D eigenvalue weighted by atomic mass is 35.5. The Morgan fingerprint density at radius 2 is 1.27 bits per heavy atom. The quantitative estimate of drug-likeness (QED) is 0.618. The summed E-state index contributed by atoms with van der Waals surface area (Å²) in [6.07, 6.45) is -0.167. The minimum Gasteiger partial charge on any atom is -0.355 e. The van der Waals surface area contributed by atoms with Crippen molar-refractivity contribution in [2.24, 2.45) is 5.41 Å². The SMILES string of the molecule is O=C1CC(c2ccccc2Cl)C2(C(=O)NC(=O)NC2=O)C(c2ccccc2Cl)CN1. The van der Waals surface area contributed by atoms with Gasteiger partial charge in [0.05, 0.1) is 0 Å². The number of halogens is 2. The molecule has 0 radical (unpaired) electrons. The molecule has 2 fully saturated rings. The Labute approximate surface area is 182 Å². The van der Waals surface area contributed by atoms with Gasteiger partial charge in [0.1, 0.15) is 5.41 Å². The summed E-state index contributed by atoms with van der Waals surface area (Å²) >= 11 is 12.9. The average Bonchev–Trinajstić information content (AvgIpc) is 2.84. The highest BCUT2D eigenvalue weighted by Gasteiger charge is 2.62. The van der Waals surface area contributed by atoms with Gasteiger partial charge in [-0.25, -0.2) is 4.79 Å². The minimum atomic E-state index is -1.83. The normalized spacial score (nSPS) is 23.4. The zero-order valence-electron chi connectivity index (χ0n) is 15.6. The Kier molecular flexibility index (Phi) is 5.26. The molecule has 3 N–H and O–H groups in total. The van der Waals surface area contributed by atoms with Gasteiger partial charge in [-0.2, -0.15) is 0 Å². The zero-order chi connectivity index (χ0) is 21.5. The van der Waals surface area contributed by atoms with E-state index in [4.69, 9.17) is 23.2 Å². The van der Waals surface area contributed by atoms with Crippen molar-refractivity contribution < 1.29 is 19.2 Å². The summed E-state index contributed by atoms with van der Waals surface area (Å²) in [6.45, 7) is -0.0153. The summed E-state index contributed by atoms with van der Waals surface area (Å²) < 4.78 is 0. The third-order valence-corrected chi connectivity index (χ3v) is 6.45. The van der Waals surface area contributed by atoms with E-state index < -0.39 is 35.1 Å². The van der Waals surface area contributed by atoms with Crippen molar-refractivity contribution in [3.05, 3.63) is 69.7 Å². The van der Waals surface area contributed by atoms with E-state index in [-0.39, 0.29) is 18.9 Å². The maximum absolute atomic E-state index is 13.4. The van der Waals surface area contributed by atoms with Crippen LogP contribution < -0.4 is 16.0 Å². The lowest BCUT2D eigenvalue weighted by Gasteiger charge is -2.44. The van der Waals surface area contributed by atoms with Crippen LogP contribution in [-0.2, 0) is 14.4 Å². The number of hydrogen-bond acceptors (Lipinski definition) is 4. The van der Waals surface area contributed by atoms with Crippen LogP contribution in [0, 0.1) is 5.41 Å². The molecule has 2 aromatic carbocycles. The number of urea groups is 1. The summed E-state index contributed by atoms with van der Waals surface area (Å²) in [5, 5.41) is 7.86. The fraction of sp³-hybridized carbons (Fsp3) is 0.238. The minimum absolute atomic E-state index is 0.0153. The Hall–Kier alpha value is -2.90. The largest absolute Gasteiger partial charge is 0.355 e. The molecule has 9 heteroatoms. The van der Waals surface area contributed by atoms with Crippen molar-refractivity contribution in [1.82, 2.24) is 16.0 Å². The molecule has 1 spiro atoms. The predicted molar refractivity (Wildman–Crippen MR) is 110 cm³/mol. The fourth-order valence-corrected chi connectivity index (χ4v) is 4.98. The fourth-order valence-electron chi connectivity index (χ4n) is 4.44. The molecule has 7 nitrogen and oxygen atoms in total. The average molecular weight is 446 g/mol. The molecule has 2 atom stereocenters. The molecule has 0 bridgehead atoms. The van der Waals surface area contributed by atoms with Gasteiger partial charge in [-0.1, -0.05) is 59.6 Å². The second kappa shape index (κ2) is 7.74. The number of amides is 5. The van der Waals surface area contributed by atoms with Crippen molar-refractivity contribution >= 4 is 47.0 Å². The topological polar surface area (TPSA) is 104 Å². The molecule has 30 heavy (non-hydrogen) atoms. The lowest BCUT2D eigenvalue weighted by Crippen LogP contribution is -2.66. The molecule has 4 rings (SSSR count). The number of nitrogens with one attached hydrogen (secondary N) is 3. The van der Waals surface area contributed by atoms with E-state index in [1.807, 2.05) is 0 Å². The van der Waals surface area contributed by atoms with Gasteiger partial charge >= 0.3 is 6.03 Å². The Morgan fingerprint density at radius 3 is 1.80 bits per heavy atom. The Balaban J connectivity index is 2.02. The molecule has 0 saturated carbocycles. The molecule has 2 aliphatic heterocycles. The van der Waals surface area contributed by atoms with Crippen LogP contribution in [0.5, 0.6) is 0 Å². The highest BCUT2D eigenvalue weighted by Crippen LogP contribution is 2.53. The van der Waals surface area contributed by atoms with E-state index in [1.165, 1.54) is 0 Å². The van der Waals surface area contributed by atoms with Crippen molar-refractivity contribution in [2.45, 2.75) is 18.3 Å². The van der Waals surface area contributed by atoms with Gasteiger partial charge in [-0.3, -0.25) is 25.0 Å². The number of carbonyl (C=O) groups is 4. The van der Waals surface area contributed by atoms with Crippen molar-refractivity contribution in [3.8, 4) is 0 Å². The summed E-state index contributed by atoms with van der Waals surface area (Å²) in [5.74, 6) is -3.69. The van der Waals surface area contributed by atoms with Crippen LogP contribution in [0.2, 0.25) is 10.0 Å². The molecule has 154 valence electrons. The van der Waals surface area contributed by atoms with E-state index in [0.717, 1.165) is 0 Å². The van der Waals surface area contributed by atoms with Gasteiger partial charge in [0.15, 0.2) is 0 Å².